The SMILES string of the molecule is CN=C(NC1CCN(C2CCCC2)C1)NC1CC1C. The average Bonchev–Trinajstić information content (AvgIpc) is 2.89. The highest BCUT2D eigenvalue weighted by molar-refractivity contribution is 5.80. The molecule has 3 fully saturated rings. The molecule has 2 aliphatic carbocycles. The molecule has 0 bridgehead atoms. The molecule has 1 heterocycles. The Morgan fingerprint density at radius 1 is 1.16 bits per heavy atom. The summed E-state index contributed by atoms with van der Waals surface area (Å²) in [6.45, 7) is 4.76. The number of rotatable bonds is 3. The molecule has 1 saturated heterocycles. The number of hydrogen-bond acceptors (Lipinski definition) is 2. The smallest absolute Gasteiger partial charge is 0.191 e. The fourth-order valence-electron chi connectivity index (χ4n) is 3.57. The maximum atomic E-state index is 4.36. The molecule has 1 aliphatic heterocycles. The van der Waals surface area contributed by atoms with Gasteiger partial charge in [0.1, 0.15) is 0 Å². The molecule has 0 aromatic heterocycles. The molecule has 0 spiro atoms. The Kier molecular flexibility index (Phi) is 3.96. The van der Waals surface area contributed by atoms with Gasteiger partial charge in [0.25, 0.3) is 0 Å². The van der Waals surface area contributed by atoms with Crippen LogP contribution >= 0.6 is 0 Å². The van der Waals surface area contributed by atoms with E-state index in [0.717, 1.165) is 17.9 Å². The van der Waals surface area contributed by atoms with Crippen molar-refractivity contribution in [1.29, 1.82) is 0 Å². The van der Waals surface area contributed by atoms with E-state index < -0.39 is 0 Å². The van der Waals surface area contributed by atoms with Crippen molar-refractivity contribution in [2.24, 2.45) is 10.9 Å². The van der Waals surface area contributed by atoms with E-state index in [2.05, 4.69) is 27.4 Å². The summed E-state index contributed by atoms with van der Waals surface area (Å²) in [5, 5.41) is 7.13. The third-order valence-electron chi connectivity index (χ3n) is 5.06. The van der Waals surface area contributed by atoms with Gasteiger partial charge in [0.15, 0.2) is 5.96 Å². The van der Waals surface area contributed by atoms with Crippen LogP contribution in [0, 0.1) is 5.92 Å². The zero-order valence-electron chi connectivity index (χ0n) is 12.4. The summed E-state index contributed by atoms with van der Waals surface area (Å²) in [6.07, 6.45) is 8.25. The van der Waals surface area contributed by atoms with Crippen molar-refractivity contribution in [3.8, 4) is 0 Å². The van der Waals surface area contributed by atoms with Crippen molar-refractivity contribution >= 4 is 5.96 Å². The van der Waals surface area contributed by atoms with Crippen molar-refractivity contribution < 1.29 is 0 Å². The van der Waals surface area contributed by atoms with Crippen LogP contribution in [0.2, 0.25) is 0 Å². The van der Waals surface area contributed by atoms with Crippen molar-refractivity contribution in [2.75, 3.05) is 20.1 Å². The topological polar surface area (TPSA) is 39.7 Å². The van der Waals surface area contributed by atoms with Gasteiger partial charge >= 0.3 is 0 Å². The summed E-state index contributed by atoms with van der Waals surface area (Å²) < 4.78 is 0. The molecule has 0 radical (unpaired) electrons. The second kappa shape index (κ2) is 5.70. The van der Waals surface area contributed by atoms with Crippen LogP contribution in [0.5, 0.6) is 0 Å². The van der Waals surface area contributed by atoms with Gasteiger partial charge in [-0.2, -0.15) is 0 Å². The van der Waals surface area contributed by atoms with Crippen LogP contribution in [0.15, 0.2) is 4.99 Å². The van der Waals surface area contributed by atoms with Gasteiger partial charge in [-0.05, 0) is 31.6 Å². The molecule has 0 aromatic carbocycles. The minimum atomic E-state index is 0.584. The number of nitrogens with zero attached hydrogens (tertiary/aromatic N) is 2. The van der Waals surface area contributed by atoms with Crippen LogP contribution in [-0.2, 0) is 0 Å². The largest absolute Gasteiger partial charge is 0.353 e. The third kappa shape index (κ3) is 3.22. The first-order valence-corrected chi connectivity index (χ1v) is 8.00. The highest BCUT2D eigenvalue weighted by atomic mass is 15.3. The van der Waals surface area contributed by atoms with Crippen LogP contribution in [0.3, 0.4) is 0 Å². The van der Waals surface area contributed by atoms with Gasteiger partial charge in [-0.25, -0.2) is 0 Å². The van der Waals surface area contributed by atoms with E-state index >= 15 is 0 Å². The van der Waals surface area contributed by atoms with Gasteiger partial charge < -0.3 is 10.6 Å². The second-order valence-corrected chi connectivity index (χ2v) is 6.60. The highest BCUT2D eigenvalue weighted by Crippen LogP contribution is 2.29. The van der Waals surface area contributed by atoms with Crippen LogP contribution in [0.1, 0.15) is 45.4 Å². The molecule has 3 atom stereocenters. The monoisotopic (exact) mass is 264 g/mol. The zero-order valence-corrected chi connectivity index (χ0v) is 12.4. The molecule has 2 saturated carbocycles. The fraction of sp³-hybridized carbons (Fsp3) is 0.933. The minimum absolute atomic E-state index is 0.584. The predicted molar refractivity (Wildman–Crippen MR) is 79.4 cm³/mol. The molecule has 3 aliphatic rings. The van der Waals surface area contributed by atoms with Crippen molar-refractivity contribution in [2.45, 2.75) is 63.6 Å². The van der Waals surface area contributed by atoms with E-state index in [1.807, 2.05) is 7.05 Å². The quantitative estimate of drug-likeness (QED) is 0.600. The molecule has 4 heteroatoms. The van der Waals surface area contributed by atoms with Crippen LogP contribution in [0.4, 0.5) is 0 Å². The standard InChI is InChI=1S/C15H28N4/c1-11-9-14(11)18-15(16-2)17-12-7-8-19(10-12)13-5-3-4-6-13/h11-14H,3-10H2,1-2H3,(H2,16,17,18). The number of hydrogen-bond donors (Lipinski definition) is 2. The van der Waals surface area contributed by atoms with Gasteiger partial charge in [0, 0.05) is 38.3 Å². The molecule has 2 N–H and O–H groups in total. The lowest BCUT2D eigenvalue weighted by Gasteiger charge is -2.24. The first kappa shape index (κ1) is 13.2. The number of guanidine groups is 1. The molecule has 4 nitrogen and oxygen atoms in total. The Balaban J connectivity index is 1.45. The zero-order chi connectivity index (χ0) is 13.2. The van der Waals surface area contributed by atoms with Gasteiger partial charge in [-0.1, -0.05) is 19.8 Å². The van der Waals surface area contributed by atoms with Crippen LogP contribution < -0.4 is 10.6 Å². The van der Waals surface area contributed by atoms with Crippen molar-refractivity contribution in [1.82, 2.24) is 15.5 Å². The first-order valence-electron chi connectivity index (χ1n) is 8.00. The Morgan fingerprint density at radius 3 is 2.53 bits per heavy atom. The molecule has 3 unspecified atom stereocenters. The molecule has 19 heavy (non-hydrogen) atoms. The summed E-state index contributed by atoms with van der Waals surface area (Å²) in [6, 6.07) is 2.10. The molecular formula is C15H28N4. The van der Waals surface area contributed by atoms with Crippen LogP contribution in [0.25, 0.3) is 0 Å². The van der Waals surface area contributed by atoms with Gasteiger partial charge in [-0.3, -0.25) is 9.89 Å². The van der Waals surface area contributed by atoms with E-state index in [1.54, 1.807) is 0 Å². The normalized spacial score (nSPS) is 36.7. The summed E-state index contributed by atoms with van der Waals surface area (Å²) in [5.74, 6) is 1.82. The Labute approximate surface area is 117 Å². The lowest BCUT2D eigenvalue weighted by molar-refractivity contribution is 0.242. The lowest BCUT2D eigenvalue weighted by atomic mass is 10.2. The van der Waals surface area contributed by atoms with Gasteiger partial charge in [0.05, 0.1) is 0 Å². The summed E-state index contributed by atoms with van der Waals surface area (Å²) >= 11 is 0. The van der Waals surface area contributed by atoms with E-state index in [-0.39, 0.29) is 0 Å². The van der Waals surface area contributed by atoms with Crippen LogP contribution in [-0.4, -0.2) is 49.1 Å². The second-order valence-electron chi connectivity index (χ2n) is 6.60. The van der Waals surface area contributed by atoms with E-state index in [9.17, 15) is 0 Å². The van der Waals surface area contributed by atoms with Gasteiger partial charge in [-0.15, -0.1) is 0 Å². The molecule has 0 aromatic rings. The number of aliphatic imine (C=N–C) groups is 1. The van der Waals surface area contributed by atoms with E-state index in [4.69, 9.17) is 0 Å². The number of nitrogens with one attached hydrogen (secondary N) is 2. The predicted octanol–water partition coefficient (Wildman–Crippen LogP) is 1.58. The Bertz CT molecular complexity index is 335. The summed E-state index contributed by atoms with van der Waals surface area (Å²) in [4.78, 5) is 7.06. The van der Waals surface area contributed by atoms with E-state index in [0.29, 0.717) is 12.1 Å². The molecule has 3 rings (SSSR count). The maximum Gasteiger partial charge on any atom is 0.191 e. The maximum absolute atomic E-state index is 4.36. The highest BCUT2D eigenvalue weighted by Gasteiger charge is 2.34. The summed E-state index contributed by atoms with van der Waals surface area (Å²) in [5.41, 5.74) is 0. The molecule has 0 amide bonds. The first-order chi connectivity index (χ1) is 9.26. The fourth-order valence-corrected chi connectivity index (χ4v) is 3.57. The van der Waals surface area contributed by atoms with E-state index in [1.165, 1.54) is 51.6 Å². The summed E-state index contributed by atoms with van der Waals surface area (Å²) in [7, 11) is 1.88. The average molecular weight is 264 g/mol. The Hall–Kier alpha value is -0.770. The minimum Gasteiger partial charge on any atom is -0.353 e. The number of likely N-dealkylation sites (tertiary alicyclic amines) is 1. The lowest BCUT2D eigenvalue weighted by Crippen LogP contribution is -2.46. The van der Waals surface area contributed by atoms with Gasteiger partial charge in [0.2, 0.25) is 0 Å². The Morgan fingerprint density at radius 2 is 1.89 bits per heavy atom. The van der Waals surface area contributed by atoms with Crippen molar-refractivity contribution in [3.63, 3.8) is 0 Å². The van der Waals surface area contributed by atoms with Crippen molar-refractivity contribution in [3.05, 3.63) is 0 Å². The third-order valence-corrected chi connectivity index (χ3v) is 5.06. The molecule has 108 valence electrons. The molecular weight excluding hydrogens is 236 g/mol.